The maximum Gasteiger partial charge on any atom is 0.232 e. The summed E-state index contributed by atoms with van der Waals surface area (Å²) in [6.07, 6.45) is 1.09. The first-order valence-electron chi connectivity index (χ1n) is 7.82. The van der Waals surface area contributed by atoms with Crippen LogP contribution in [0, 0.1) is 12.7 Å². The molecule has 1 N–H and O–H groups in total. The molecule has 0 unspecified atom stereocenters. The summed E-state index contributed by atoms with van der Waals surface area (Å²) in [5, 5.41) is 2.61. The van der Waals surface area contributed by atoms with Crippen LogP contribution in [0.2, 0.25) is 0 Å². The molecule has 0 aliphatic carbocycles. The SMILES string of the molecule is Cc1cccc(N(CCC(=O)NCc2ccccc2F)S(C)(=O)=O)c1. The van der Waals surface area contributed by atoms with Gasteiger partial charge in [0.05, 0.1) is 11.9 Å². The van der Waals surface area contributed by atoms with Gasteiger partial charge in [-0.1, -0.05) is 30.3 Å². The predicted octanol–water partition coefficient (Wildman–Crippen LogP) is 2.61. The van der Waals surface area contributed by atoms with E-state index in [4.69, 9.17) is 0 Å². The molecule has 0 saturated heterocycles. The molecule has 25 heavy (non-hydrogen) atoms. The molecule has 0 saturated carbocycles. The number of amides is 1. The van der Waals surface area contributed by atoms with Crippen LogP contribution in [0.3, 0.4) is 0 Å². The lowest BCUT2D eigenvalue weighted by Gasteiger charge is -2.22. The molecule has 0 radical (unpaired) electrons. The Kier molecular flexibility index (Phi) is 6.14. The van der Waals surface area contributed by atoms with Crippen LogP contribution >= 0.6 is 0 Å². The van der Waals surface area contributed by atoms with Crippen LogP contribution in [0.15, 0.2) is 48.5 Å². The second kappa shape index (κ2) is 8.11. The number of rotatable bonds is 7. The number of carbonyl (C=O) groups excluding carboxylic acids is 1. The second-order valence-corrected chi connectivity index (χ2v) is 7.70. The summed E-state index contributed by atoms with van der Waals surface area (Å²) in [6, 6.07) is 13.2. The number of halogens is 1. The van der Waals surface area contributed by atoms with Gasteiger partial charge in [0.25, 0.3) is 0 Å². The first-order chi connectivity index (χ1) is 11.8. The summed E-state index contributed by atoms with van der Waals surface area (Å²) in [5.41, 5.74) is 1.83. The number of nitrogens with one attached hydrogen (secondary N) is 1. The Morgan fingerprint density at radius 1 is 1.16 bits per heavy atom. The highest BCUT2D eigenvalue weighted by molar-refractivity contribution is 7.92. The molecular weight excluding hydrogens is 343 g/mol. The van der Waals surface area contributed by atoms with Gasteiger partial charge in [0.2, 0.25) is 15.9 Å². The summed E-state index contributed by atoms with van der Waals surface area (Å²) >= 11 is 0. The lowest BCUT2D eigenvalue weighted by Crippen LogP contribution is -2.34. The fourth-order valence-electron chi connectivity index (χ4n) is 2.40. The first kappa shape index (κ1) is 18.9. The largest absolute Gasteiger partial charge is 0.352 e. The maximum atomic E-state index is 13.5. The molecule has 0 aliphatic heterocycles. The number of anilines is 1. The van der Waals surface area contributed by atoms with E-state index in [0.717, 1.165) is 11.8 Å². The Morgan fingerprint density at radius 3 is 2.52 bits per heavy atom. The molecule has 1 amide bonds. The van der Waals surface area contributed by atoms with Crippen molar-refractivity contribution in [3.05, 3.63) is 65.5 Å². The van der Waals surface area contributed by atoms with Crippen LogP contribution < -0.4 is 9.62 Å². The van der Waals surface area contributed by atoms with Gasteiger partial charge in [0.15, 0.2) is 0 Å². The lowest BCUT2D eigenvalue weighted by atomic mass is 10.2. The van der Waals surface area contributed by atoms with Gasteiger partial charge in [-0.15, -0.1) is 0 Å². The highest BCUT2D eigenvalue weighted by atomic mass is 32.2. The molecule has 7 heteroatoms. The number of sulfonamides is 1. The molecule has 2 aromatic rings. The van der Waals surface area contributed by atoms with Crippen molar-refractivity contribution in [2.24, 2.45) is 0 Å². The van der Waals surface area contributed by atoms with E-state index < -0.39 is 10.0 Å². The Labute approximate surface area is 147 Å². The minimum absolute atomic E-state index is 0.0184. The predicted molar refractivity (Wildman–Crippen MR) is 96.2 cm³/mol. The third kappa shape index (κ3) is 5.56. The molecule has 5 nitrogen and oxygen atoms in total. The second-order valence-electron chi connectivity index (χ2n) is 5.79. The molecule has 0 bridgehead atoms. The highest BCUT2D eigenvalue weighted by Gasteiger charge is 2.18. The topological polar surface area (TPSA) is 66.5 Å². The van der Waals surface area contributed by atoms with Gasteiger partial charge in [-0.2, -0.15) is 0 Å². The van der Waals surface area contributed by atoms with Gasteiger partial charge in [-0.3, -0.25) is 9.10 Å². The van der Waals surface area contributed by atoms with E-state index in [-0.39, 0.29) is 31.2 Å². The maximum absolute atomic E-state index is 13.5. The molecule has 2 aromatic carbocycles. The van der Waals surface area contributed by atoms with E-state index in [1.807, 2.05) is 13.0 Å². The molecule has 0 aromatic heterocycles. The summed E-state index contributed by atoms with van der Waals surface area (Å²) in [6.45, 7) is 1.95. The average Bonchev–Trinajstić information content (AvgIpc) is 2.53. The minimum Gasteiger partial charge on any atom is -0.352 e. The van der Waals surface area contributed by atoms with E-state index in [1.54, 1.807) is 36.4 Å². The van der Waals surface area contributed by atoms with E-state index >= 15 is 0 Å². The van der Waals surface area contributed by atoms with Crippen molar-refractivity contribution in [2.75, 3.05) is 17.1 Å². The van der Waals surface area contributed by atoms with Gasteiger partial charge < -0.3 is 5.32 Å². The summed E-state index contributed by atoms with van der Waals surface area (Å²) in [7, 11) is -3.51. The Hall–Kier alpha value is -2.41. The normalized spacial score (nSPS) is 11.2. The molecule has 0 heterocycles. The standard InChI is InChI=1S/C18H21FN2O3S/c1-14-6-5-8-16(12-14)21(25(2,23)24)11-10-18(22)20-13-15-7-3-4-9-17(15)19/h3-9,12H,10-11,13H2,1-2H3,(H,20,22). The Bertz CT molecular complexity index is 853. The fourth-order valence-corrected chi connectivity index (χ4v) is 3.32. The molecule has 0 fully saturated rings. The Balaban J connectivity index is 1.99. The first-order valence-corrected chi connectivity index (χ1v) is 9.66. The number of carbonyl (C=O) groups is 1. The zero-order valence-electron chi connectivity index (χ0n) is 14.2. The molecule has 2 rings (SSSR count). The number of hydrogen-bond donors (Lipinski definition) is 1. The van der Waals surface area contributed by atoms with Crippen LogP contribution in [0.5, 0.6) is 0 Å². The number of nitrogens with zero attached hydrogens (tertiary/aromatic N) is 1. The summed E-state index contributed by atoms with van der Waals surface area (Å²) in [4.78, 5) is 12.0. The average molecular weight is 364 g/mol. The monoisotopic (exact) mass is 364 g/mol. The summed E-state index contributed by atoms with van der Waals surface area (Å²) < 4.78 is 38.8. The van der Waals surface area contributed by atoms with Crippen LogP contribution in [-0.2, 0) is 21.4 Å². The van der Waals surface area contributed by atoms with Crippen LogP contribution in [0.1, 0.15) is 17.5 Å². The van der Waals surface area contributed by atoms with Crippen molar-refractivity contribution in [1.29, 1.82) is 0 Å². The molecule has 0 aliphatic rings. The van der Waals surface area contributed by atoms with Crippen molar-refractivity contribution in [2.45, 2.75) is 19.9 Å². The van der Waals surface area contributed by atoms with Crippen LogP contribution in [0.4, 0.5) is 10.1 Å². The third-order valence-electron chi connectivity index (χ3n) is 3.67. The number of hydrogen-bond acceptors (Lipinski definition) is 3. The third-order valence-corrected chi connectivity index (χ3v) is 4.86. The molecule has 134 valence electrons. The lowest BCUT2D eigenvalue weighted by molar-refractivity contribution is -0.121. The van der Waals surface area contributed by atoms with Crippen LogP contribution in [0.25, 0.3) is 0 Å². The van der Waals surface area contributed by atoms with Crippen molar-refractivity contribution in [1.82, 2.24) is 5.32 Å². The van der Waals surface area contributed by atoms with E-state index in [0.29, 0.717) is 11.3 Å². The van der Waals surface area contributed by atoms with Gasteiger partial charge in [0.1, 0.15) is 5.82 Å². The highest BCUT2D eigenvalue weighted by Crippen LogP contribution is 2.19. The van der Waals surface area contributed by atoms with Gasteiger partial charge in [-0.05, 0) is 30.7 Å². The zero-order valence-corrected chi connectivity index (χ0v) is 15.0. The van der Waals surface area contributed by atoms with E-state index in [2.05, 4.69) is 5.32 Å². The van der Waals surface area contributed by atoms with Gasteiger partial charge >= 0.3 is 0 Å². The molecule has 0 spiro atoms. The van der Waals surface area contributed by atoms with Crippen molar-refractivity contribution in [3.8, 4) is 0 Å². The minimum atomic E-state index is -3.51. The van der Waals surface area contributed by atoms with E-state index in [1.165, 1.54) is 10.4 Å². The fraction of sp³-hybridized carbons (Fsp3) is 0.278. The van der Waals surface area contributed by atoms with Gasteiger partial charge in [-0.25, -0.2) is 12.8 Å². The molecule has 0 atom stereocenters. The number of benzene rings is 2. The van der Waals surface area contributed by atoms with Crippen molar-refractivity contribution < 1.29 is 17.6 Å². The van der Waals surface area contributed by atoms with Crippen LogP contribution in [-0.4, -0.2) is 27.1 Å². The smallest absolute Gasteiger partial charge is 0.232 e. The number of aryl methyl sites for hydroxylation is 1. The van der Waals surface area contributed by atoms with Gasteiger partial charge in [0, 0.05) is 25.1 Å². The Morgan fingerprint density at radius 2 is 1.88 bits per heavy atom. The van der Waals surface area contributed by atoms with Crippen molar-refractivity contribution >= 4 is 21.6 Å². The zero-order chi connectivity index (χ0) is 18.4. The van der Waals surface area contributed by atoms with Crippen molar-refractivity contribution in [3.63, 3.8) is 0 Å². The van der Waals surface area contributed by atoms with E-state index in [9.17, 15) is 17.6 Å². The summed E-state index contributed by atoms with van der Waals surface area (Å²) in [5.74, 6) is -0.732. The molecular formula is C18H21FN2O3S. The quantitative estimate of drug-likeness (QED) is 0.821.